The maximum absolute atomic E-state index is 13.1. The van der Waals surface area contributed by atoms with Crippen molar-refractivity contribution in [2.24, 2.45) is 0 Å². The van der Waals surface area contributed by atoms with E-state index >= 15 is 0 Å². The van der Waals surface area contributed by atoms with Gasteiger partial charge in [-0.15, -0.1) is 0 Å². The highest BCUT2D eigenvalue weighted by atomic mass is 19.1. The third-order valence-corrected chi connectivity index (χ3v) is 2.19. The van der Waals surface area contributed by atoms with E-state index in [0.29, 0.717) is 12.0 Å². The fourth-order valence-electron chi connectivity index (χ4n) is 1.53. The van der Waals surface area contributed by atoms with Gasteiger partial charge in [0.25, 0.3) is 0 Å². The molecule has 2 nitrogen and oxygen atoms in total. The van der Waals surface area contributed by atoms with Crippen LogP contribution in [0.4, 0.5) is 4.39 Å². The first-order chi connectivity index (χ1) is 8.15. The lowest BCUT2D eigenvalue weighted by atomic mass is 10.0. The molecule has 0 spiro atoms. The zero-order chi connectivity index (χ0) is 12.7. The van der Waals surface area contributed by atoms with Crippen LogP contribution in [0.5, 0.6) is 0 Å². The normalized spacial score (nSPS) is 10.9. The molecule has 1 aromatic rings. The van der Waals surface area contributed by atoms with Crippen molar-refractivity contribution in [3.8, 4) is 11.8 Å². The van der Waals surface area contributed by atoms with Gasteiger partial charge in [0.05, 0.1) is 6.61 Å². The lowest BCUT2D eigenvalue weighted by molar-refractivity contribution is 0.328. The molecule has 0 atom stereocenters. The fourth-order valence-corrected chi connectivity index (χ4v) is 1.53. The van der Waals surface area contributed by atoms with Crippen LogP contribution in [-0.2, 0) is 6.42 Å². The van der Waals surface area contributed by atoms with Crippen molar-refractivity contribution in [1.82, 2.24) is 0 Å². The summed E-state index contributed by atoms with van der Waals surface area (Å²) < 4.78 is 13.1. The van der Waals surface area contributed by atoms with E-state index in [2.05, 4.69) is 11.8 Å². The van der Waals surface area contributed by atoms with E-state index in [9.17, 15) is 4.39 Å². The average molecular weight is 234 g/mol. The van der Waals surface area contributed by atoms with E-state index in [1.165, 1.54) is 12.1 Å². The quantitative estimate of drug-likeness (QED) is 0.780. The minimum atomic E-state index is -0.279. The Bertz CT molecular complexity index is 447. The van der Waals surface area contributed by atoms with Crippen molar-refractivity contribution in [2.45, 2.75) is 13.3 Å². The van der Waals surface area contributed by atoms with Crippen LogP contribution < -0.4 is 0 Å². The summed E-state index contributed by atoms with van der Waals surface area (Å²) in [5.41, 5.74) is 2.34. The summed E-state index contributed by atoms with van der Waals surface area (Å²) >= 11 is 0. The summed E-state index contributed by atoms with van der Waals surface area (Å²) in [5.74, 6) is 4.81. The highest BCUT2D eigenvalue weighted by Crippen LogP contribution is 2.12. The molecule has 0 aliphatic heterocycles. The molecule has 0 fully saturated rings. The van der Waals surface area contributed by atoms with Crippen LogP contribution in [0.1, 0.15) is 11.1 Å². The van der Waals surface area contributed by atoms with Crippen molar-refractivity contribution >= 4 is 0 Å². The molecule has 1 aromatic carbocycles. The van der Waals surface area contributed by atoms with E-state index < -0.39 is 0 Å². The number of allylic oxidation sites excluding steroid dienone is 1. The third-order valence-electron chi connectivity index (χ3n) is 2.19. The number of hydrogen-bond acceptors (Lipinski definition) is 2. The molecule has 0 saturated heterocycles. The van der Waals surface area contributed by atoms with Gasteiger partial charge in [-0.05, 0) is 48.3 Å². The summed E-state index contributed by atoms with van der Waals surface area (Å²) in [6.07, 6.45) is 2.01. The SMILES string of the molecule is Cc1cc(F)cc(C/C(=C\C#CCO)CO)c1. The highest BCUT2D eigenvalue weighted by molar-refractivity contribution is 5.30. The molecule has 90 valence electrons. The van der Waals surface area contributed by atoms with Crippen molar-refractivity contribution in [1.29, 1.82) is 0 Å². The Morgan fingerprint density at radius 2 is 2.12 bits per heavy atom. The van der Waals surface area contributed by atoms with Gasteiger partial charge >= 0.3 is 0 Å². The number of benzene rings is 1. The summed E-state index contributed by atoms with van der Waals surface area (Å²) in [6.45, 7) is 1.48. The van der Waals surface area contributed by atoms with Crippen LogP contribution in [0, 0.1) is 24.6 Å². The molecular formula is C14H15FO2. The Morgan fingerprint density at radius 1 is 1.35 bits per heavy atom. The lowest BCUT2D eigenvalue weighted by Gasteiger charge is -2.04. The predicted molar refractivity (Wildman–Crippen MR) is 64.9 cm³/mol. The number of halogens is 1. The van der Waals surface area contributed by atoms with Crippen LogP contribution in [0.3, 0.4) is 0 Å². The van der Waals surface area contributed by atoms with Gasteiger partial charge in [-0.2, -0.15) is 0 Å². The second-order valence-electron chi connectivity index (χ2n) is 3.75. The van der Waals surface area contributed by atoms with E-state index in [0.717, 1.165) is 11.1 Å². The second-order valence-corrected chi connectivity index (χ2v) is 3.75. The summed E-state index contributed by atoms with van der Waals surface area (Å²) in [6, 6.07) is 4.76. The Kier molecular flexibility index (Phi) is 5.41. The van der Waals surface area contributed by atoms with E-state index in [4.69, 9.17) is 10.2 Å². The molecule has 0 heterocycles. The predicted octanol–water partition coefficient (Wildman–Crippen LogP) is 1.59. The summed E-state index contributed by atoms with van der Waals surface area (Å²) in [4.78, 5) is 0. The molecule has 2 N–H and O–H groups in total. The first kappa shape index (κ1) is 13.4. The molecule has 0 saturated carbocycles. The number of hydrogen-bond donors (Lipinski definition) is 2. The second kappa shape index (κ2) is 6.85. The van der Waals surface area contributed by atoms with Crippen LogP contribution >= 0.6 is 0 Å². The molecule has 0 amide bonds. The summed E-state index contributed by atoms with van der Waals surface area (Å²) in [7, 11) is 0. The van der Waals surface area contributed by atoms with Gasteiger partial charge in [0.1, 0.15) is 12.4 Å². The zero-order valence-corrected chi connectivity index (χ0v) is 9.70. The lowest BCUT2D eigenvalue weighted by Crippen LogP contribution is -1.97. The molecular weight excluding hydrogens is 219 g/mol. The minimum Gasteiger partial charge on any atom is -0.392 e. The molecule has 17 heavy (non-hydrogen) atoms. The number of aliphatic hydroxyl groups excluding tert-OH is 2. The molecule has 1 rings (SSSR count). The van der Waals surface area contributed by atoms with Crippen LogP contribution in [0.2, 0.25) is 0 Å². The van der Waals surface area contributed by atoms with Crippen molar-refractivity contribution in [3.05, 3.63) is 46.8 Å². The highest BCUT2D eigenvalue weighted by Gasteiger charge is 2.01. The molecule has 0 aromatic heterocycles. The average Bonchev–Trinajstić information content (AvgIpc) is 2.26. The Hall–Kier alpha value is -1.63. The van der Waals surface area contributed by atoms with Gasteiger partial charge in [0.2, 0.25) is 0 Å². The maximum Gasteiger partial charge on any atom is 0.123 e. The molecule has 3 heteroatoms. The van der Waals surface area contributed by atoms with Gasteiger partial charge in [0, 0.05) is 0 Å². The molecule has 0 aliphatic rings. The van der Waals surface area contributed by atoms with Gasteiger partial charge in [-0.25, -0.2) is 4.39 Å². The summed E-state index contributed by atoms with van der Waals surface area (Å²) in [5, 5.41) is 17.6. The van der Waals surface area contributed by atoms with Gasteiger partial charge < -0.3 is 10.2 Å². The van der Waals surface area contributed by atoms with Crippen molar-refractivity contribution in [2.75, 3.05) is 13.2 Å². The van der Waals surface area contributed by atoms with E-state index in [1.807, 2.05) is 13.0 Å². The fraction of sp³-hybridized carbons (Fsp3) is 0.286. The van der Waals surface area contributed by atoms with Gasteiger partial charge in [0.15, 0.2) is 0 Å². The first-order valence-electron chi connectivity index (χ1n) is 5.30. The van der Waals surface area contributed by atoms with Crippen LogP contribution in [0.25, 0.3) is 0 Å². The van der Waals surface area contributed by atoms with Crippen LogP contribution in [0.15, 0.2) is 29.8 Å². The first-order valence-corrected chi connectivity index (χ1v) is 5.30. The Morgan fingerprint density at radius 3 is 2.71 bits per heavy atom. The van der Waals surface area contributed by atoms with Crippen LogP contribution in [-0.4, -0.2) is 23.4 Å². The number of rotatable bonds is 3. The zero-order valence-electron chi connectivity index (χ0n) is 9.70. The molecule has 0 unspecified atom stereocenters. The standard InChI is InChI=1S/C14H15FO2/c1-11-6-13(9-14(15)7-11)8-12(10-17)4-2-3-5-16/h4,6-7,9,16-17H,5,8,10H2,1H3/b12-4+. The van der Waals surface area contributed by atoms with Gasteiger partial charge in [-0.1, -0.05) is 17.9 Å². The number of aliphatic hydroxyl groups is 2. The smallest absolute Gasteiger partial charge is 0.123 e. The topological polar surface area (TPSA) is 40.5 Å². The van der Waals surface area contributed by atoms with E-state index in [1.54, 1.807) is 6.08 Å². The van der Waals surface area contributed by atoms with Crippen molar-refractivity contribution in [3.63, 3.8) is 0 Å². The Labute approximate surface area is 100 Å². The molecule has 0 radical (unpaired) electrons. The number of aryl methyl sites for hydroxylation is 1. The third kappa shape index (κ3) is 4.81. The van der Waals surface area contributed by atoms with Gasteiger partial charge in [-0.3, -0.25) is 0 Å². The minimum absolute atomic E-state index is 0.129. The Balaban J connectivity index is 2.83. The molecule has 0 aliphatic carbocycles. The largest absolute Gasteiger partial charge is 0.392 e. The van der Waals surface area contributed by atoms with E-state index in [-0.39, 0.29) is 19.0 Å². The maximum atomic E-state index is 13.1. The molecule has 0 bridgehead atoms. The monoisotopic (exact) mass is 234 g/mol. The van der Waals surface area contributed by atoms with Crippen molar-refractivity contribution < 1.29 is 14.6 Å².